The van der Waals surface area contributed by atoms with Crippen molar-refractivity contribution in [3.8, 4) is 0 Å². The zero-order valence-corrected chi connectivity index (χ0v) is 3.27. The van der Waals surface area contributed by atoms with E-state index in [1.807, 2.05) is 0 Å². The Morgan fingerprint density at radius 1 is 1.83 bits per heavy atom. The van der Waals surface area contributed by atoms with E-state index in [1.165, 1.54) is 0 Å². The molecule has 31 valence electrons. The molecule has 1 N–H and O–H groups in total. The molecular formula is C2H4NaO2S. The van der Waals surface area contributed by atoms with Crippen LogP contribution in [-0.2, 0) is 4.79 Å². The fourth-order valence-corrected chi connectivity index (χ4v) is 0. The second-order valence-electron chi connectivity index (χ2n) is 0.467. The number of carboxylic acid groups (broad SMARTS) is 1. The van der Waals surface area contributed by atoms with Crippen molar-refractivity contribution in [2.24, 2.45) is 0 Å². The SMILES string of the molecule is O=C(O)[CH]S.[NaH]. The number of carbonyl (C=O) groups is 1. The molecule has 0 saturated carbocycles. The Hall–Kier alpha value is 0.820. The number of aliphatic carboxylic acids is 1. The van der Waals surface area contributed by atoms with Crippen molar-refractivity contribution in [3.05, 3.63) is 5.75 Å². The Labute approximate surface area is 63.6 Å². The molecule has 4 heteroatoms. The zero-order valence-electron chi connectivity index (χ0n) is 2.38. The van der Waals surface area contributed by atoms with Crippen LogP contribution in [0, 0.1) is 5.75 Å². The van der Waals surface area contributed by atoms with Gasteiger partial charge in [-0.25, -0.2) is 0 Å². The molecule has 0 aromatic rings. The Morgan fingerprint density at radius 2 is 2.00 bits per heavy atom. The van der Waals surface area contributed by atoms with Gasteiger partial charge in [-0.2, -0.15) is 12.6 Å². The van der Waals surface area contributed by atoms with Gasteiger partial charge in [-0.3, -0.25) is 4.79 Å². The summed E-state index contributed by atoms with van der Waals surface area (Å²) in [7, 11) is 0. The van der Waals surface area contributed by atoms with E-state index in [4.69, 9.17) is 5.11 Å². The van der Waals surface area contributed by atoms with E-state index >= 15 is 0 Å². The van der Waals surface area contributed by atoms with Gasteiger partial charge in [-0.15, -0.1) is 0 Å². The summed E-state index contributed by atoms with van der Waals surface area (Å²) in [5.74, 6) is -0.228. The van der Waals surface area contributed by atoms with Gasteiger partial charge < -0.3 is 5.11 Å². The molecule has 0 atom stereocenters. The summed E-state index contributed by atoms with van der Waals surface area (Å²) in [6, 6.07) is 0. The Kier molecular flexibility index (Phi) is 9.65. The zero-order chi connectivity index (χ0) is 4.28. The summed E-state index contributed by atoms with van der Waals surface area (Å²) in [4.78, 5) is 9.24. The van der Waals surface area contributed by atoms with Crippen LogP contribution in [0.4, 0.5) is 0 Å². The third-order valence-electron chi connectivity index (χ3n) is 0.110. The molecule has 0 amide bonds. The van der Waals surface area contributed by atoms with Gasteiger partial charge >= 0.3 is 35.5 Å². The molecular weight excluding hydrogens is 111 g/mol. The molecule has 0 fully saturated rings. The van der Waals surface area contributed by atoms with E-state index < -0.39 is 5.97 Å². The summed E-state index contributed by atoms with van der Waals surface area (Å²) < 4.78 is 0. The minimum atomic E-state index is -1.01. The predicted octanol–water partition coefficient (Wildman–Crippen LogP) is -0.486. The van der Waals surface area contributed by atoms with Crippen LogP contribution in [0.15, 0.2) is 0 Å². The normalized spacial score (nSPS) is 6.17. The maximum atomic E-state index is 9.24. The van der Waals surface area contributed by atoms with E-state index in [-0.39, 0.29) is 29.6 Å². The van der Waals surface area contributed by atoms with Gasteiger partial charge in [0.25, 0.3) is 0 Å². The van der Waals surface area contributed by atoms with Gasteiger partial charge in [-0.05, 0) is 0 Å². The Bertz CT molecular complexity index is 46.8. The number of carboxylic acids is 1. The number of rotatable bonds is 1. The van der Waals surface area contributed by atoms with E-state index in [9.17, 15) is 4.79 Å². The Balaban J connectivity index is 0. The number of hydrogen-bond acceptors (Lipinski definition) is 2. The van der Waals surface area contributed by atoms with Crippen molar-refractivity contribution >= 4 is 48.2 Å². The third-order valence-corrected chi connectivity index (χ3v) is 0.331. The van der Waals surface area contributed by atoms with Gasteiger partial charge in [0.2, 0.25) is 0 Å². The van der Waals surface area contributed by atoms with Gasteiger partial charge in [-0.1, -0.05) is 0 Å². The fraction of sp³-hybridized carbons (Fsp3) is 0. The van der Waals surface area contributed by atoms with Crippen LogP contribution in [0.25, 0.3) is 0 Å². The third kappa shape index (κ3) is 8.84. The molecule has 0 aliphatic heterocycles. The number of hydrogen-bond donors (Lipinski definition) is 2. The summed E-state index contributed by atoms with van der Waals surface area (Å²) in [6.45, 7) is 0. The van der Waals surface area contributed by atoms with Gasteiger partial charge in [0.1, 0.15) is 5.75 Å². The van der Waals surface area contributed by atoms with E-state index in [0.717, 1.165) is 5.75 Å². The Morgan fingerprint density at radius 3 is 2.00 bits per heavy atom. The van der Waals surface area contributed by atoms with Crippen LogP contribution in [0.3, 0.4) is 0 Å². The molecule has 0 saturated heterocycles. The van der Waals surface area contributed by atoms with Crippen LogP contribution in [0.5, 0.6) is 0 Å². The molecule has 0 aliphatic rings. The first-order chi connectivity index (χ1) is 2.27. The van der Waals surface area contributed by atoms with Crippen LogP contribution >= 0.6 is 12.6 Å². The molecule has 0 unspecified atom stereocenters. The van der Waals surface area contributed by atoms with Crippen molar-refractivity contribution in [1.82, 2.24) is 0 Å². The first-order valence-electron chi connectivity index (χ1n) is 0.975. The summed E-state index contributed by atoms with van der Waals surface area (Å²) in [5.41, 5.74) is 0. The molecule has 6 heavy (non-hydrogen) atoms. The molecule has 0 aromatic carbocycles. The average Bonchev–Trinajstić information content (AvgIpc) is 1.38. The van der Waals surface area contributed by atoms with Crippen molar-refractivity contribution < 1.29 is 9.90 Å². The van der Waals surface area contributed by atoms with Crippen LogP contribution in [0.1, 0.15) is 0 Å². The molecule has 1 radical (unpaired) electrons. The summed E-state index contributed by atoms with van der Waals surface area (Å²) in [5, 5.41) is 7.59. The van der Waals surface area contributed by atoms with Crippen molar-refractivity contribution in [2.75, 3.05) is 0 Å². The van der Waals surface area contributed by atoms with Crippen molar-refractivity contribution in [2.45, 2.75) is 0 Å². The van der Waals surface area contributed by atoms with Crippen LogP contribution in [-0.4, -0.2) is 40.6 Å². The van der Waals surface area contributed by atoms with Gasteiger partial charge in [0.15, 0.2) is 0 Å². The topological polar surface area (TPSA) is 37.3 Å². The van der Waals surface area contributed by atoms with E-state index in [0.29, 0.717) is 0 Å². The maximum absolute atomic E-state index is 9.24. The standard InChI is InChI=1S/C2H3O2S.Na.H/c3-2(4)1-5;;/h1,5H,(H,3,4);;. The molecule has 0 aliphatic carbocycles. The second-order valence-corrected chi connectivity index (χ2v) is 0.726. The molecule has 0 bridgehead atoms. The fourth-order valence-electron chi connectivity index (χ4n) is 0. The predicted molar refractivity (Wildman–Crippen MR) is 28.1 cm³/mol. The minimum absolute atomic E-state index is 0. The number of thiol groups is 1. The van der Waals surface area contributed by atoms with E-state index in [2.05, 4.69) is 12.6 Å². The van der Waals surface area contributed by atoms with Gasteiger partial charge in [0, 0.05) is 0 Å². The molecule has 2 nitrogen and oxygen atoms in total. The van der Waals surface area contributed by atoms with Gasteiger partial charge in [0.05, 0.1) is 0 Å². The molecule has 0 aromatic heterocycles. The van der Waals surface area contributed by atoms with Crippen molar-refractivity contribution in [1.29, 1.82) is 0 Å². The monoisotopic (exact) mass is 115 g/mol. The van der Waals surface area contributed by atoms with Crippen LogP contribution in [0.2, 0.25) is 0 Å². The molecule has 0 heterocycles. The quantitative estimate of drug-likeness (QED) is 0.357. The second kappa shape index (κ2) is 5.82. The first-order valence-corrected chi connectivity index (χ1v) is 1.49. The average molecular weight is 115 g/mol. The first kappa shape index (κ1) is 9.94. The summed E-state index contributed by atoms with van der Waals surface area (Å²) >= 11 is 3.29. The van der Waals surface area contributed by atoms with Crippen LogP contribution < -0.4 is 0 Å². The van der Waals surface area contributed by atoms with Crippen molar-refractivity contribution in [3.63, 3.8) is 0 Å². The molecule has 0 rings (SSSR count). The summed E-state index contributed by atoms with van der Waals surface area (Å²) in [6.07, 6.45) is 0. The molecule has 0 spiro atoms. The van der Waals surface area contributed by atoms with E-state index in [1.54, 1.807) is 0 Å².